The summed E-state index contributed by atoms with van der Waals surface area (Å²) in [7, 11) is 0. The van der Waals surface area contributed by atoms with Gasteiger partial charge in [0.25, 0.3) is 0 Å². The second-order valence-electron chi connectivity index (χ2n) is 6.92. The van der Waals surface area contributed by atoms with Crippen molar-refractivity contribution in [1.82, 2.24) is 0 Å². The first-order valence-corrected chi connectivity index (χ1v) is 8.55. The maximum Gasteiger partial charge on any atom is 0.00273 e. The number of benzene rings is 1. The summed E-state index contributed by atoms with van der Waals surface area (Å²) < 4.78 is 0. The summed E-state index contributed by atoms with van der Waals surface area (Å²) in [4.78, 5) is 0. The first kappa shape index (κ1) is 13.9. The maximum atomic E-state index is 2.55. The Morgan fingerprint density at radius 1 is 1.05 bits per heavy atom. The molecule has 1 atom stereocenters. The quantitative estimate of drug-likeness (QED) is 0.624. The van der Waals surface area contributed by atoms with Crippen LogP contribution in [-0.2, 0) is 12.8 Å². The Kier molecular flexibility index (Phi) is 3.75. The fourth-order valence-electron chi connectivity index (χ4n) is 4.14. The van der Waals surface area contributed by atoms with Crippen molar-refractivity contribution >= 4 is 6.08 Å². The summed E-state index contributed by atoms with van der Waals surface area (Å²) in [5.41, 5.74) is 6.96. The van der Waals surface area contributed by atoms with Gasteiger partial charge in [-0.15, -0.1) is 0 Å². The molecule has 1 aromatic rings. The number of fused-ring (bicyclic) bond motifs is 2. The van der Waals surface area contributed by atoms with E-state index < -0.39 is 0 Å². The third kappa shape index (κ3) is 2.24. The van der Waals surface area contributed by atoms with Crippen LogP contribution in [0.5, 0.6) is 0 Å². The van der Waals surface area contributed by atoms with Crippen LogP contribution in [0.15, 0.2) is 18.2 Å². The van der Waals surface area contributed by atoms with Crippen LogP contribution in [0.25, 0.3) is 6.08 Å². The highest BCUT2D eigenvalue weighted by atomic mass is 14.4. The largest absolute Gasteiger partial charge is 0.0764 e. The Labute approximate surface area is 124 Å². The van der Waals surface area contributed by atoms with E-state index in [0.717, 1.165) is 0 Å². The topological polar surface area (TPSA) is 0 Å². The summed E-state index contributed by atoms with van der Waals surface area (Å²) in [6.07, 6.45) is 14.0. The molecule has 0 nitrogen and oxygen atoms in total. The lowest BCUT2D eigenvalue weighted by molar-refractivity contribution is 0.280. The molecule has 0 saturated carbocycles. The van der Waals surface area contributed by atoms with E-state index in [1.54, 1.807) is 16.7 Å². The minimum Gasteiger partial charge on any atom is -0.0764 e. The highest BCUT2D eigenvalue weighted by Gasteiger charge is 2.35. The molecule has 0 spiro atoms. The van der Waals surface area contributed by atoms with E-state index in [9.17, 15) is 0 Å². The van der Waals surface area contributed by atoms with Crippen LogP contribution in [0, 0.1) is 5.41 Å². The van der Waals surface area contributed by atoms with E-state index >= 15 is 0 Å². The standard InChI is InChI=1S/C20H28/c1-4-7-8-15-9-10-16-11-17-13-20(5-2,6-3)14-18(17)12-19(15)16/h9-12,15H,4-8,13-14H2,1-3H3. The fourth-order valence-corrected chi connectivity index (χ4v) is 4.14. The second kappa shape index (κ2) is 5.39. The van der Waals surface area contributed by atoms with Crippen molar-refractivity contribution in [3.8, 4) is 0 Å². The molecule has 0 fully saturated rings. The third-order valence-corrected chi connectivity index (χ3v) is 5.81. The van der Waals surface area contributed by atoms with Gasteiger partial charge in [0.2, 0.25) is 0 Å². The summed E-state index contributed by atoms with van der Waals surface area (Å²) in [6.45, 7) is 7.03. The monoisotopic (exact) mass is 268 g/mol. The average molecular weight is 268 g/mol. The molecule has 0 heteroatoms. The van der Waals surface area contributed by atoms with Gasteiger partial charge in [-0.25, -0.2) is 0 Å². The van der Waals surface area contributed by atoms with Crippen LogP contribution in [0.2, 0.25) is 0 Å². The molecule has 0 bridgehead atoms. The molecule has 0 radical (unpaired) electrons. The highest BCUT2D eigenvalue weighted by molar-refractivity contribution is 5.65. The molecule has 1 unspecified atom stereocenters. The fraction of sp³-hybridized carbons (Fsp3) is 0.600. The summed E-state index contributed by atoms with van der Waals surface area (Å²) in [5, 5.41) is 0. The van der Waals surface area contributed by atoms with Crippen LogP contribution >= 0.6 is 0 Å². The molecular formula is C20H28. The van der Waals surface area contributed by atoms with Gasteiger partial charge in [-0.2, -0.15) is 0 Å². The SMILES string of the molecule is CCCCC1C=Cc2cc3c(cc21)CC(CC)(CC)C3. The van der Waals surface area contributed by atoms with Crippen molar-refractivity contribution in [2.75, 3.05) is 0 Å². The molecule has 2 aliphatic rings. The highest BCUT2D eigenvalue weighted by Crippen LogP contribution is 2.45. The van der Waals surface area contributed by atoms with E-state index in [4.69, 9.17) is 0 Å². The molecule has 2 aliphatic carbocycles. The molecule has 0 aromatic heterocycles. The first-order valence-electron chi connectivity index (χ1n) is 8.55. The molecule has 0 aliphatic heterocycles. The Morgan fingerprint density at radius 2 is 1.75 bits per heavy atom. The summed E-state index contributed by atoms with van der Waals surface area (Å²) >= 11 is 0. The molecule has 0 heterocycles. The van der Waals surface area contributed by atoms with Gasteiger partial charge in [-0.3, -0.25) is 0 Å². The van der Waals surface area contributed by atoms with Crippen LogP contribution < -0.4 is 0 Å². The summed E-state index contributed by atoms with van der Waals surface area (Å²) in [6, 6.07) is 5.05. The molecule has 1 aromatic carbocycles. The van der Waals surface area contributed by atoms with Crippen molar-refractivity contribution in [3.63, 3.8) is 0 Å². The first-order chi connectivity index (χ1) is 9.71. The summed E-state index contributed by atoms with van der Waals surface area (Å²) in [5.74, 6) is 0.688. The molecule has 0 N–H and O–H groups in total. The van der Waals surface area contributed by atoms with Gasteiger partial charge in [-0.1, -0.05) is 57.9 Å². The Balaban J connectivity index is 1.88. The zero-order valence-electron chi connectivity index (χ0n) is 13.3. The van der Waals surface area contributed by atoms with E-state index in [1.165, 1.54) is 50.5 Å². The van der Waals surface area contributed by atoms with Crippen LogP contribution in [0.1, 0.15) is 81.0 Å². The van der Waals surface area contributed by atoms with Gasteiger partial charge in [0, 0.05) is 5.92 Å². The predicted molar refractivity (Wildman–Crippen MR) is 88.2 cm³/mol. The normalized spacial score (nSPS) is 22.1. The van der Waals surface area contributed by atoms with Gasteiger partial charge >= 0.3 is 0 Å². The van der Waals surface area contributed by atoms with E-state index in [2.05, 4.69) is 45.1 Å². The Morgan fingerprint density at radius 3 is 2.40 bits per heavy atom. The lowest BCUT2D eigenvalue weighted by Gasteiger charge is -2.25. The molecule has 3 rings (SSSR count). The van der Waals surface area contributed by atoms with E-state index in [0.29, 0.717) is 11.3 Å². The number of hydrogen-bond donors (Lipinski definition) is 0. The molecule has 0 saturated heterocycles. The van der Waals surface area contributed by atoms with Gasteiger partial charge in [0.1, 0.15) is 0 Å². The van der Waals surface area contributed by atoms with Crippen molar-refractivity contribution in [3.05, 3.63) is 40.5 Å². The molecule has 108 valence electrons. The minimum atomic E-state index is 0.556. The molecule has 0 amide bonds. The maximum absolute atomic E-state index is 2.55. The van der Waals surface area contributed by atoms with E-state index in [1.807, 2.05) is 0 Å². The number of unbranched alkanes of at least 4 members (excludes halogenated alkanes) is 1. The van der Waals surface area contributed by atoms with Gasteiger partial charge < -0.3 is 0 Å². The number of rotatable bonds is 5. The third-order valence-electron chi connectivity index (χ3n) is 5.81. The van der Waals surface area contributed by atoms with Gasteiger partial charge in [0.15, 0.2) is 0 Å². The minimum absolute atomic E-state index is 0.556. The average Bonchev–Trinajstić information content (AvgIpc) is 3.03. The Hall–Kier alpha value is -1.04. The Bertz CT molecular complexity index is 517. The van der Waals surface area contributed by atoms with Gasteiger partial charge in [0.05, 0.1) is 0 Å². The van der Waals surface area contributed by atoms with Crippen LogP contribution in [-0.4, -0.2) is 0 Å². The smallest absolute Gasteiger partial charge is 0.00273 e. The van der Waals surface area contributed by atoms with E-state index in [-0.39, 0.29) is 0 Å². The number of allylic oxidation sites excluding steroid dienone is 1. The van der Waals surface area contributed by atoms with Crippen molar-refractivity contribution in [2.24, 2.45) is 5.41 Å². The predicted octanol–water partition coefficient (Wildman–Crippen LogP) is 5.89. The van der Waals surface area contributed by atoms with Crippen LogP contribution in [0.3, 0.4) is 0 Å². The van der Waals surface area contributed by atoms with Crippen molar-refractivity contribution in [2.45, 2.75) is 71.6 Å². The van der Waals surface area contributed by atoms with Gasteiger partial charge in [-0.05, 0) is 59.8 Å². The molecule has 20 heavy (non-hydrogen) atoms. The second-order valence-corrected chi connectivity index (χ2v) is 6.92. The van der Waals surface area contributed by atoms with Crippen LogP contribution in [0.4, 0.5) is 0 Å². The number of hydrogen-bond acceptors (Lipinski definition) is 0. The zero-order chi connectivity index (χ0) is 14.2. The molecular weight excluding hydrogens is 240 g/mol. The lowest BCUT2D eigenvalue weighted by atomic mass is 9.80. The lowest BCUT2D eigenvalue weighted by Crippen LogP contribution is -2.18. The zero-order valence-corrected chi connectivity index (χ0v) is 13.3. The van der Waals surface area contributed by atoms with Crippen molar-refractivity contribution < 1.29 is 0 Å². The van der Waals surface area contributed by atoms with Crippen molar-refractivity contribution in [1.29, 1.82) is 0 Å².